The molecule has 1 aliphatic carbocycles. The van der Waals surface area contributed by atoms with Crippen LogP contribution >= 0.6 is 11.6 Å². The molecule has 8 heteroatoms. The van der Waals surface area contributed by atoms with Gasteiger partial charge in [-0.1, -0.05) is 31.4 Å². The molecule has 0 spiro atoms. The molecule has 2 rings (SSSR count). The van der Waals surface area contributed by atoms with E-state index in [-0.39, 0.29) is 17.3 Å². The van der Waals surface area contributed by atoms with Crippen molar-refractivity contribution in [2.24, 2.45) is 5.92 Å². The third kappa shape index (κ3) is 5.63. The Labute approximate surface area is 151 Å². The summed E-state index contributed by atoms with van der Waals surface area (Å²) in [7, 11) is 0. The van der Waals surface area contributed by atoms with Gasteiger partial charge in [0.15, 0.2) is 6.61 Å². The van der Waals surface area contributed by atoms with Crippen LogP contribution in [0.5, 0.6) is 0 Å². The maximum absolute atomic E-state index is 11.9. The van der Waals surface area contributed by atoms with Crippen LogP contribution in [0, 0.1) is 5.92 Å². The Balaban J connectivity index is 1.79. The van der Waals surface area contributed by atoms with Gasteiger partial charge in [0.05, 0.1) is 5.56 Å². The molecule has 2 atom stereocenters. The summed E-state index contributed by atoms with van der Waals surface area (Å²) in [5.41, 5.74) is 5.93. The van der Waals surface area contributed by atoms with Gasteiger partial charge in [0.2, 0.25) is 0 Å². The van der Waals surface area contributed by atoms with Gasteiger partial charge in [-0.3, -0.25) is 10.1 Å². The number of carbonyl (C=O) groups excluding carboxylic acids is 3. The van der Waals surface area contributed by atoms with Gasteiger partial charge in [-0.25, -0.2) is 9.59 Å². The van der Waals surface area contributed by atoms with E-state index in [1.54, 1.807) is 0 Å². The molecule has 1 fully saturated rings. The van der Waals surface area contributed by atoms with Crippen LogP contribution in [0.3, 0.4) is 0 Å². The molecule has 0 unspecified atom stereocenters. The minimum atomic E-state index is -0.781. The molecule has 0 saturated heterocycles. The molecule has 136 valence electrons. The van der Waals surface area contributed by atoms with Crippen molar-refractivity contribution in [1.82, 2.24) is 10.6 Å². The van der Waals surface area contributed by atoms with Crippen LogP contribution in [0.25, 0.3) is 0 Å². The summed E-state index contributed by atoms with van der Waals surface area (Å²) in [5, 5.41) is 5.27. The Morgan fingerprint density at radius 2 is 2.00 bits per heavy atom. The zero-order chi connectivity index (χ0) is 18.4. The second-order valence-corrected chi connectivity index (χ2v) is 6.63. The third-order valence-electron chi connectivity index (χ3n) is 4.25. The number of amides is 3. The Hall–Kier alpha value is -2.28. The van der Waals surface area contributed by atoms with Gasteiger partial charge in [0.25, 0.3) is 5.91 Å². The number of hydrogen-bond donors (Lipinski definition) is 3. The van der Waals surface area contributed by atoms with Crippen molar-refractivity contribution < 1.29 is 19.1 Å². The summed E-state index contributed by atoms with van der Waals surface area (Å²) < 4.78 is 4.87. The maximum Gasteiger partial charge on any atom is 0.340 e. The number of imide groups is 1. The van der Waals surface area contributed by atoms with E-state index in [9.17, 15) is 14.4 Å². The van der Waals surface area contributed by atoms with Gasteiger partial charge < -0.3 is 15.8 Å². The first-order valence-corrected chi connectivity index (χ1v) is 8.57. The number of esters is 1. The van der Waals surface area contributed by atoms with Crippen LogP contribution in [-0.4, -0.2) is 30.6 Å². The number of ether oxygens (including phenoxy) is 1. The number of nitrogens with two attached hydrogens (primary N) is 1. The number of hydrogen-bond acceptors (Lipinski definition) is 5. The minimum absolute atomic E-state index is 0.0513. The first kappa shape index (κ1) is 19.1. The van der Waals surface area contributed by atoms with Crippen molar-refractivity contribution in [2.45, 2.75) is 38.6 Å². The molecule has 0 heterocycles. The summed E-state index contributed by atoms with van der Waals surface area (Å²) in [4.78, 5) is 35.5. The second kappa shape index (κ2) is 8.71. The van der Waals surface area contributed by atoms with Crippen LogP contribution < -0.4 is 16.4 Å². The van der Waals surface area contributed by atoms with Gasteiger partial charge in [-0.15, -0.1) is 0 Å². The number of nitrogen functional groups attached to an aromatic ring is 1. The monoisotopic (exact) mass is 367 g/mol. The summed E-state index contributed by atoms with van der Waals surface area (Å²) in [6, 6.07) is 3.83. The lowest BCUT2D eigenvalue weighted by atomic mass is 9.86. The molecule has 1 aromatic carbocycles. The van der Waals surface area contributed by atoms with Gasteiger partial charge in [-0.05, 0) is 37.0 Å². The zero-order valence-electron chi connectivity index (χ0n) is 14.0. The lowest BCUT2D eigenvalue weighted by Crippen LogP contribution is -2.48. The van der Waals surface area contributed by atoms with E-state index in [2.05, 4.69) is 17.6 Å². The molecule has 7 nitrogen and oxygen atoms in total. The maximum atomic E-state index is 11.9. The van der Waals surface area contributed by atoms with Crippen LogP contribution in [0.15, 0.2) is 18.2 Å². The number of urea groups is 1. The molecule has 1 saturated carbocycles. The molecule has 1 aromatic rings. The van der Waals surface area contributed by atoms with E-state index in [0.29, 0.717) is 10.9 Å². The third-order valence-corrected chi connectivity index (χ3v) is 4.49. The smallest absolute Gasteiger partial charge is 0.340 e. The highest BCUT2D eigenvalue weighted by atomic mass is 35.5. The lowest BCUT2D eigenvalue weighted by molar-refractivity contribution is -0.123. The standard InChI is InChI=1S/C17H22ClN3O4/c1-10-4-2-3-5-14(10)20-17(24)21-15(22)9-25-16(23)12-8-11(18)6-7-13(12)19/h6-8,10,14H,2-5,9,19H2,1H3,(H2,20,21,22,24)/t10-,14+/m1/s1. The molecular formula is C17H22ClN3O4. The Bertz CT molecular complexity index is 665. The van der Waals surface area contributed by atoms with E-state index in [1.807, 2.05) is 0 Å². The SMILES string of the molecule is C[C@@H]1CCCC[C@@H]1NC(=O)NC(=O)COC(=O)c1cc(Cl)ccc1N. The van der Waals surface area contributed by atoms with Crippen LogP contribution in [0.2, 0.25) is 5.02 Å². The molecule has 3 amide bonds. The fraction of sp³-hybridized carbons (Fsp3) is 0.471. The molecular weight excluding hydrogens is 346 g/mol. The minimum Gasteiger partial charge on any atom is -0.452 e. The number of benzene rings is 1. The van der Waals surface area contributed by atoms with E-state index in [0.717, 1.165) is 25.7 Å². The highest BCUT2D eigenvalue weighted by Crippen LogP contribution is 2.23. The summed E-state index contributed by atoms with van der Waals surface area (Å²) >= 11 is 5.80. The number of halogens is 1. The van der Waals surface area contributed by atoms with Crippen LogP contribution in [0.1, 0.15) is 43.0 Å². The predicted octanol–water partition coefficient (Wildman–Crippen LogP) is 2.48. The average molecular weight is 368 g/mol. The summed E-state index contributed by atoms with van der Waals surface area (Å²) in [6.45, 7) is 1.49. The molecule has 1 aliphatic rings. The zero-order valence-corrected chi connectivity index (χ0v) is 14.8. The highest BCUT2D eigenvalue weighted by Gasteiger charge is 2.23. The van der Waals surface area contributed by atoms with Crippen molar-refractivity contribution in [2.75, 3.05) is 12.3 Å². The van der Waals surface area contributed by atoms with Gasteiger partial charge in [0, 0.05) is 16.8 Å². The number of rotatable bonds is 4. The topological polar surface area (TPSA) is 111 Å². The molecule has 0 aromatic heterocycles. The van der Waals surface area contributed by atoms with E-state index in [1.165, 1.54) is 18.2 Å². The largest absolute Gasteiger partial charge is 0.452 e. The van der Waals surface area contributed by atoms with Gasteiger partial charge >= 0.3 is 12.0 Å². The van der Waals surface area contributed by atoms with Crippen molar-refractivity contribution in [3.05, 3.63) is 28.8 Å². The first-order valence-electron chi connectivity index (χ1n) is 8.19. The number of carbonyl (C=O) groups is 3. The Morgan fingerprint density at radius 3 is 2.72 bits per heavy atom. The van der Waals surface area contributed by atoms with Crippen molar-refractivity contribution in [3.8, 4) is 0 Å². The quantitative estimate of drug-likeness (QED) is 0.559. The summed E-state index contributed by atoms with van der Waals surface area (Å²) in [6.07, 6.45) is 4.16. The van der Waals surface area contributed by atoms with Gasteiger partial charge in [0.1, 0.15) is 0 Å². The van der Waals surface area contributed by atoms with E-state index >= 15 is 0 Å². The Kier molecular flexibility index (Phi) is 6.64. The first-order chi connectivity index (χ1) is 11.9. The average Bonchev–Trinajstić information content (AvgIpc) is 2.57. The van der Waals surface area contributed by atoms with Gasteiger partial charge in [-0.2, -0.15) is 0 Å². The van der Waals surface area contributed by atoms with Crippen molar-refractivity contribution >= 4 is 35.2 Å². The molecule has 0 aliphatic heterocycles. The van der Waals surface area contributed by atoms with Crippen molar-refractivity contribution in [3.63, 3.8) is 0 Å². The van der Waals surface area contributed by atoms with Crippen LogP contribution in [-0.2, 0) is 9.53 Å². The highest BCUT2D eigenvalue weighted by molar-refractivity contribution is 6.31. The fourth-order valence-corrected chi connectivity index (χ4v) is 2.98. The second-order valence-electron chi connectivity index (χ2n) is 6.20. The summed E-state index contributed by atoms with van der Waals surface area (Å²) in [5.74, 6) is -1.12. The Morgan fingerprint density at radius 1 is 1.28 bits per heavy atom. The number of anilines is 1. The van der Waals surface area contributed by atoms with E-state index < -0.39 is 24.5 Å². The normalized spacial score (nSPS) is 19.8. The molecule has 0 radical (unpaired) electrons. The van der Waals surface area contributed by atoms with Crippen LogP contribution in [0.4, 0.5) is 10.5 Å². The van der Waals surface area contributed by atoms with E-state index in [4.69, 9.17) is 22.1 Å². The predicted molar refractivity (Wildman–Crippen MR) is 94.2 cm³/mol. The molecule has 0 bridgehead atoms. The van der Waals surface area contributed by atoms with Crippen molar-refractivity contribution in [1.29, 1.82) is 0 Å². The fourth-order valence-electron chi connectivity index (χ4n) is 2.81. The molecule has 25 heavy (non-hydrogen) atoms. The molecule has 4 N–H and O–H groups in total. The lowest BCUT2D eigenvalue weighted by Gasteiger charge is -2.29. The number of nitrogens with one attached hydrogen (secondary N) is 2.